The zero-order chi connectivity index (χ0) is 21.4. The summed E-state index contributed by atoms with van der Waals surface area (Å²) in [5.74, 6) is 1.17. The fourth-order valence-corrected chi connectivity index (χ4v) is 3.43. The molecule has 0 atom stereocenters. The van der Waals surface area contributed by atoms with Crippen molar-refractivity contribution in [1.29, 1.82) is 0 Å². The second-order valence-electron chi connectivity index (χ2n) is 7.45. The van der Waals surface area contributed by atoms with Crippen LogP contribution in [0.3, 0.4) is 0 Å². The molecule has 8 nitrogen and oxygen atoms in total. The predicted molar refractivity (Wildman–Crippen MR) is 112 cm³/mol. The summed E-state index contributed by atoms with van der Waals surface area (Å²) in [7, 11) is 5.09. The van der Waals surface area contributed by atoms with Crippen molar-refractivity contribution in [3.05, 3.63) is 64.2 Å². The molecule has 30 heavy (non-hydrogen) atoms. The normalized spacial score (nSPS) is 13.8. The molecule has 0 aliphatic carbocycles. The van der Waals surface area contributed by atoms with Crippen LogP contribution < -0.4 is 15.0 Å². The van der Waals surface area contributed by atoms with Crippen molar-refractivity contribution >= 4 is 5.91 Å². The van der Waals surface area contributed by atoms with E-state index in [0.29, 0.717) is 30.2 Å². The number of carbonyl (C=O) groups excluding carboxylic acids is 1. The summed E-state index contributed by atoms with van der Waals surface area (Å²) in [6, 6.07) is 12.7. The van der Waals surface area contributed by atoms with E-state index in [9.17, 15) is 9.59 Å². The molecule has 1 aromatic carbocycles. The molecule has 1 saturated heterocycles. The summed E-state index contributed by atoms with van der Waals surface area (Å²) in [6.45, 7) is 2.78. The topological polar surface area (TPSA) is 78.6 Å². The van der Waals surface area contributed by atoms with Crippen LogP contribution in [-0.4, -0.2) is 51.5 Å². The summed E-state index contributed by atoms with van der Waals surface area (Å²) < 4.78 is 14.3. The maximum atomic E-state index is 12.9. The van der Waals surface area contributed by atoms with Crippen molar-refractivity contribution in [2.24, 2.45) is 14.1 Å². The third-order valence-corrected chi connectivity index (χ3v) is 5.38. The highest BCUT2D eigenvalue weighted by Crippen LogP contribution is 2.25. The Balaban J connectivity index is 1.43. The van der Waals surface area contributed by atoms with Crippen molar-refractivity contribution < 1.29 is 14.3 Å². The molecule has 0 spiro atoms. The summed E-state index contributed by atoms with van der Waals surface area (Å²) in [6.07, 6.45) is -0.133. The van der Waals surface area contributed by atoms with Gasteiger partial charge in [0, 0.05) is 31.4 Å². The minimum atomic E-state index is -0.133. The lowest BCUT2D eigenvalue weighted by Crippen LogP contribution is -2.56. The van der Waals surface area contributed by atoms with Crippen molar-refractivity contribution in [2.45, 2.75) is 13.0 Å². The molecular formula is C22H24N4O4. The lowest BCUT2D eigenvalue weighted by molar-refractivity contribution is 0.0168. The number of likely N-dealkylation sites (tertiary alicyclic amines) is 1. The monoisotopic (exact) mass is 408 g/mol. The van der Waals surface area contributed by atoms with Gasteiger partial charge in [0.2, 0.25) is 0 Å². The third-order valence-electron chi connectivity index (χ3n) is 5.38. The van der Waals surface area contributed by atoms with E-state index in [1.807, 2.05) is 37.3 Å². The molecule has 0 unspecified atom stereocenters. The van der Waals surface area contributed by atoms with Crippen molar-refractivity contribution in [2.75, 3.05) is 20.2 Å². The molecule has 1 fully saturated rings. The minimum Gasteiger partial charge on any atom is -0.497 e. The quantitative estimate of drug-likeness (QED) is 0.645. The lowest BCUT2D eigenvalue weighted by atomic mass is 10.1. The number of pyridine rings is 1. The van der Waals surface area contributed by atoms with Crippen LogP contribution in [0, 0.1) is 6.92 Å². The van der Waals surface area contributed by atoms with E-state index in [1.54, 1.807) is 41.4 Å². The molecule has 0 radical (unpaired) electrons. The fourth-order valence-electron chi connectivity index (χ4n) is 3.43. The van der Waals surface area contributed by atoms with E-state index in [1.165, 1.54) is 6.07 Å². The van der Waals surface area contributed by atoms with E-state index < -0.39 is 0 Å². The first-order valence-electron chi connectivity index (χ1n) is 9.68. The molecule has 8 heteroatoms. The van der Waals surface area contributed by atoms with Crippen molar-refractivity contribution in [3.8, 4) is 22.8 Å². The Morgan fingerprint density at radius 3 is 2.57 bits per heavy atom. The van der Waals surface area contributed by atoms with Gasteiger partial charge in [0.25, 0.3) is 11.5 Å². The van der Waals surface area contributed by atoms with Gasteiger partial charge in [-0.05, 0) is 31.2 Å². The van der Waals surface area contributed by atoms with E-state index in [0.717, 1.165) is 17.0 Å². The van der Waals surface area contributed by atoms with Gasteiger partial charge >= 0.3 is 0 Å². The Morgan fingerprint density at radius 2 is 1.87 bits per heavy atom. The molecule has 0 N–H and O–H groups in total. The largest absolute Gasteiger partial charge is 0.497 e. The van der Waals surface area contributed by atoms with Gasteiger partial charge in [-0.2, -0.15) is 5.10 Å². The molecule has 156 valence electrons. The van der Waals surface area contributed by atoms with Crippen LogP contribution in [-0.2, 0) is 14.1 Å². The fraction of sp³-hybridized carbons (Fsp3) is 0.318. The highest BCUT2D eigenvalue weighted by atomic mass is 16.5. The second kappa shape index (κ2) is 7.70. The molecule has 1 aliphatic heterocycles. The number of hydrogen-bond acceptors (Lipinski definition) is 5. The highest BCUT2D eigenvalue weighted by molar-refractivity contribution is 5.94. The Hall–Kier alpha value is -3.55. The molecule has 3 aromatic rings. The van der Waals surface area contributed by atoms with Gasteiger partial charge in [-0.3, -0.25) is 14.3 Å². The van der Waals surface area contributed by atoms with Gasteiger partial charge < -0.3 is 18.9 Å². The van der Waals surface area contributed by atoms with Crippen LogP contribution in [0.15, 0.2) is 47.3 Å². The van der Waals surface area contributed by atoms with Crippen LogP contribution in [0.2, 0.25) is 0 Å². The Labute approximate surface area is 174 Å². The average Bonchev–Trinajstić information content (AvgIpc) is 3.09. The smallest absolute Gasteiger partial charge is 0.272 e. The number of ether oxygens (including phenoxy) is 2. The number of carbonyl (C=O) groups is 1. The number of benzene rings is 1. The van der Waals surface area contributed by atoms with Crippen LogP contribution in [0.25, 0.3) is 11.3 Å². The number of rotatable bonds is 5. The van der Waals surface area contributed by atoms with Crippen LogP contribution >= 0.6 is 0 Å². The van der Waals surface area contributed by atoms with Crippen LogP contribution in [0.1, 0.15) is 16.2 Å². The summed E-state index contributed by atoms with van der Waals surface area (Å²) >= 11 is 0. The zero-order valence-corrected chi connectivity index (χ0v) is 17.5. The number of nitrogens with zero attached hydrogens (tertiary/aromatic N) is 4. The molecule has 1 aliphatic rings. The number of methoxy groups -OCH3 is 1. The maximum absolute atomic E-state index is 12.9. The molecule has 0 saturated carbocycles. The third kappa shape index (κ3) is 3.68. The van der Waals surface area contributed by atoms with Gasteiger partial charge in [-0.15, -0.1) is 0 Å². The predicted octanol–water partition coefficient (Wildman–Crippen LogP) is 2.01. The lowest BCUT2D eigenvalue weighted by Gasteiger charge is -2.38. The first-order chi connectivity index (χ1) is 14.4. The average molecular weight is 408 g/mol. The highest BCUT2D eigenvalue weighted by Gasteiger charge is 2.34. The zero-order valence-electron chi connectivity index (χ0n) is 17.5. The van der Waals surface area contributed by atoms with E-state index in [4.69, 9.17) is 9.47 Å². The minimum absolute atomic E-state index is 0.0980. The first kappa shape index (κ1) is 19.8. The second-order valence-corrected chi connectivity index (χ2v) is 7.45. The van der Waals surface area contributed by atoms with E-state index in [2.05, 4.69) is 5.10 Å². The maximum Gasteiger partial charge on any atom is 0.272 e. The molecular weight excluding hydrogens is 384 g/mol. The van der Waals surface area contributed by atoms with Gasteiger partial charge in [0.15, 0.2) is 0 Å². The standard InChI is InChI=1S/C22H24N4O4/c1-14-8-17(10-21(27)24(14)2)30-18-12-26(13-18)22(28)20-11-19(23-25(20)3)15-6-5-7-16(9-15)29-4/h5-11,18H,12-13H2,1-4H3. The van der Waals surface area contributed by atoms with Crippen molar-refractivity contribution in [3.63, 3.8) is 0 Å². The Bertz CT molecular complexity index is 1160. The van der Waals surface area contributed by atoms with Crippen LogP contribution in [0.4, 0.5) is 0 Å². The number of aryl methyl sites for hydroxylation is 2. The first-order valence-corrected chi connectivity index (χ1v) is 9.68. The molecule has 1 amide bonds. The summed E-state index contributed by atoms with van der Waals surface area (Å²) in [4.78, 5) is 26.5. The number of hydrogen-bond donors (Lipinski definition) is 0. The molecule has 4 rings (SSSR count). The molecule has 3 heterocycles. The van der Waals surface area contributed by atoms with Gasteiger partial charge in [-0.1, -0.05) is 12.1 Å². The van der Waals surface area contributed by atoms with Crippen LogP contribution in [0.5, 0.6) is 11.5 Å². The Morgan fingerprint density at radius 1 is 1.10 bits per heavy atom. The van der Waals surface area contributed by atoms with Gasteiger partial charge in [-0.25, -0.2) is 0 Å². The van der Waals surface area contributed by atoms with E-state index >= 15 is 0 Å². The summed E-state index contributed by atoms with van der Waals surface area (Å²) in [5.41, 5.74) is 2.82. The molecule has 0 bridgehead atoms. The Kier molecular flexibility index (Phi) is 5.07. The van der Waals surface area contributed by atoms with E-state index in [-0.39, 0.29) is 17.6 Å². The number of aromatic nitrogens is 3. The van der Waals surface area contributed by atoms with Crippen molar-refractivity contribution in [1.82, 2.24) is 19.2 Å². The van der Waals surface area contributed by atoms with Gasteiger partial charge in [0.05, 0.1) is 25.9 Å². The number of amides is 1. The molecule has 2 aromatic heterocycles. The SMILES string of the molecule is COc1cccc(-c2cc(C(=O)N3CC(Oc4cc(C)n(C)c(=O)c4)C3)n(C)n2)c1. The van der Waals surface area contributed by atoms with Gasteiger partial charge in [0.1, 0.15) is 23.3 Å². The summed E-state index contributed by atoms with van der Waals surface area (Å²) in [5, 5.41) is 4.48.